The highest BCUT2D eigenvalue weighted by atomic mass is 16.7. The summed E-state index contributed by atoms with van der Waals surface area (Å²) >= 11 is 0. The summed E-state index contributed by atoms with van der Waals surface area (Å²) in [5.41, 5.74) is 3.00. The second kappa shape index (κ2) is 6.77. The molecular formula is C21H24O6. The predicted octanol–water partition coefficient (Wildman–Crippen LogP) is 2.47. The van der Waals surface area contributed by atoms with Crippen molar-refractivity contribution in [2.45, 2.75) is 38.3 Å². The number of esters is 2. The summed E-state index contributed by atoms with van der Waals surface area (Å²) in [5, 5.41) is 0. The van der Waals surface area contributed by atoms with E-state index in [2.05, 4.69) is 20.1 Å². The Hall–Kier alpha value is -2.18. The Labute approximate surface area is 158 Å². The number of ether oxygens (including phenoxy) is 4. The van der Waals surface area contributed by atoms with Crippen molar-refractivity contribution in [3.8, 4) is 0 Å². The van der Waals surface area contributed by atoms with Crippen LogP contribution in [0.3, 0.4) is 0 Å². The van der Waals surface area contributed by atoms with E-state index in [1.54, 1.807) is 6.08 Å². The molecule has 0 radical (unpaired) electrons. The van der Waals surface area contributed by atoms with E-state index in [-0.39, 0.29) is 6.61 Å². The smallest absolute Gasteiger partial charge is 0.336 e. The van der Waals surface area contributed by atoms with Crippen molar-refractivity contribution in [1.29, 1.82) is 0 Å². The van der Waals surface area contributed by atoms with Gasteiger partial charge in [0.2, 0.25) is 0 Å². The Morgan fingerprint density at radius 2 is 2.04 bits per heavy atom. The summed E-state index contributed by atoms with van der Waals surface area (Å²) in [5.74, 6) is -0.473. The second-order valence-corrected chi connectivity index (χ2v) is 7.69. The lowest BCUT2D eigenvalue weighted by atomic mass is 9.87. The van der Waals surface area contributed by atoms with Gasteiger partial charge < -0.3 is 18.9 Å². The van der Waals surface area contributed by atoms with Crippen LogP contribution in [0.1, 0.15) is 19.8 Å². The first-order valence-corrected chi connectivity index (χ1v) is 9.21. The van der Waals surface area contributed by atoms with Crippen LogP contribution in [0.15, 0.2) is 47.6 Å². The maximum atomic E-state index is 12.7. The summed E-state index contributed by atoms with van der Waals surface area (Å²) in [6.45, 7) is 10.3. The molecule has 0 aromatic heterocycles. The van der Waals surface area contributed by atoms with Crippen molar-refractivity contribution in [2.75, 3.05) is 13.7 Å². The van der Waals surface area contributed by atoms with Gasteiger partial charge in [-0.05, 0) is 37.3 Å². The minimum Gasteiger partial charge on any atom is -0.458 e. The molecule has 6 nitrogen and oxygen atoms in total. The van der Waals surface area contributed by atoms with Crippen LogP contribution in [0, 0.1) is 17.8 Å². The average Bonchev–Trinajstić information content (AvgIpc) is 3.20. The molecule has 4 rings (SSSR count). The fraction of sp³-hybridized carbons (Fsp3) is 0.524. The average molecular weight is 372 g/mol. The highest BCUT2D eigenvalue weighted by Crippen LogP contribution is 2.52. The molecule has 2 aliphatic carbocycles. The van der Waals surface area contributed by atoms with Gasteiger partial charge in [0.05, 0.1) is 18.1 Å². The SMILES string of the molecule is C=C1C(=O)O[C@@H]2/C=C(/C)[C@@H]3C[C@@H]3C(=C)C[C@@H](OC(=O)C3=C[C@H](OC)OC3)[C@@H]12. The fourth-order valence-corrected chi connectivity index (χ4v) is 4.27. The number of methoxy groups -OCH3 is 1. The Morgan fingerprint density at radius 1 is 1.26 bits per heavy atom. The fourth-order valence-electron chi connectivity index (χ4n) is 4.27. The Balaban J connectivity index is 1.61. The van der Waals surface area contributed by atoms with Crippen LogP contribution in [0.2, 0.25) is 0 Å². The molecule has 1 saturated carbocycles. The third-order valence-corrected chi connectivity index (χ3v) is 5.95. The van der Waals surface area contributed by atoms with Crippen LogP contribution in [0.4, 0.5) is 0 Å². The number of fused-ring (bicyclic) bond motifs is 2. The van der Waals surface area contributed by atoms with Gasteiger partial charge in [0.25, 0.3) is 0 Å². The summed E-state index contributed by atoms with van der Waals surface area (Å²) < 4.78 is 21.8. The Bertz CT molecular complexity index is 776. The van der Waals surface area contributed by atoms with Gasteiger partial charge in [-0.3, -0.25) is 0 Å². The first-order chi connectivity index (χ1) is 12.9. The van der Waals surface area contributed by atoms with Crippen LogP contribution >= 0.6 is 0 Å². The molecule has 6 heteroatoms. The van der Waals surface area contributed by atoms with E-state index in [9.17, 15) is 9.59 Å². The molecule has 2 fully saturated rings. The molecule has 4 aliphatic rings. The molecule has 0 amide bonds. The van der Waals surface area contributed by atoms with E-state index in [1.165, 1.54) is 12.7 Å². The maximum Gasteiger partial charge on any atom is 0.336 e. The molecule has 1 saturated heterocycles. The van der Waals surface area contributed by atoms with E-state index in [0.717, 1.165) is 12.0 Å². The summed E-state index contributed by atoms with van der Waals surface area (Å²) in [6.07, 6.45) is 3.57. The molecular weight excluding hydrogens is 348 g/mol. The van der Waals surface area contributed by atoms with E-state index in [1.807, 2.05) is 6.08 Å². The van der Waals surface area contributed by atoms with Crippen LogP contribution in [0.5, 0.6) is 0 Å². The van der Waals surface area contributed by atoms with Gasteiger partial charge in [-0.25, -0.2) is 9.59 Å². The normalized spacial score (nSPS) is 39.9. The molecule has 0 aromatic carbocycles. The third-order valence-electron chi connectivity index (χ3n) is 5.95. The second-order valence-electron chi connectivity index (χ2n) is 7.69. The molecule has 0 unspecified atom stereocenters. The van der Waals surface area contributed by atoms with E-state index in [4.69, 9.17) is 18.9 Å². The highest BCUT2D eigenvalue weighted by Gasteiger charge is 2.49. The summed E-state index contributed by atoms with van der Waals surface area (Å²) in [6, 6.07) is 0. The van der Waals surface area contributed by atoms with Gasteiger partial charge >= 0.3 is 11.9 Å². The first-order valence-electron chi connectivity index (χ1n) is 9.21. The standard InChI is InChI=1S/C21H24O6/c1-10-5-16-19(12(3)20(22)26-16)17(6-11(2)15-8-14(10)15)27-21(23)13-7-18(24-4)25-9-13/h5,7,14-19H,2-3,6,8-9H2,1,4H3/b10-5-/t14-,15+,16+,17+,18+,19-/m0/s1. The van der Waals surface area contributed by atoms with Gasteiger partial charge in [-0.15, -0.1) is 0 Å². The molecule has 2 heterocycles. The summed E-state index contributed by atoms with van der Waals surface area (Å²) in [4.78, 5) is 24.8. The van der Waals surface area contributed by atoms with Crippen LogP contribution in [-0.2, 0) is 28.5 Å². The van der Waals surface area contributed by atoms with Crippen LogP contribution < -0.4 is 0 Å². The molecule has 0 spiro atoms. The largest absolute Gasteiger partial charge is 0.458 e. The number of hydrogen-bond donors (Lipinski definition) is 0. The molecule has 2 aliphatic heterocycles. The number of carbonyl (C=O) groups is 2. The number of hydrogen-bond acceptors (Lipinski definition) is 6. The molecule has 0 bridgehead atoms. The molecule has 144 valence electrons. The lowest BCUT2D eigenvalue weighted by Gasteiger charge is -2.26. The van der Waals surface area contributed by atoms with Crippen molar-refractivity contribution >= 4 is 11.9 Å². The van der Waals surface area contributed by atoms with Gasteiger partial charge in [-0.1, -0.05) is 24.3 Å². The van der Waals surface area contributed by atoms with E-state index in [0.29, 0.717) is 29.4 Å². The minimum atomic E-state index is -0.556. The van der Waals surface area contributed by atoms with Gasteiger partial charge in [0, 0.05) is 19.1 Å². The lowest BCUT2D eigenvalue weighted by molar-refractivity contribution is -0.147. The van der Waals surface area contributed by atoms with E-state index < -0.39 is 36.4 Å². The van der Waals surface area contributed by atoms with Crippen molar-refractivity contribution in [1.82, 2.24) is 0 Å². The quantitative estimate of drug-likeness (QED) is 0.431. The number of rotatable bonds is 3. The van der Waals surface area contributed by atoms with E-state index >= 15 is 0 Å². The van der Waals surface area contributed by atoms with Crippen molar-refractivity contribution in [2.24, 2.45) is 17.8 Å². The molecule has 0 N–H and O–H groups in total. The monoisotopic (exact) mass is 372 g/mol. The first kappa shape index (κ1) is 18.2. The Morgan fingerprint density at radius 3 is 2.74 bits per heavy atom. The highest BCUT2D eigenvalue weighted by molar-refractivity contribution is 5.92. The minimum absolute atomic E-state index is 0.138. The van der Waals surface area contributed by atoms with Crippen LogP contribution in [-0.4, -0.2) is 44.2 Å². The third kappa shape index (κ3) is 3.28. The maximum absolute atomic E-state index is 12.7. The molecule has 27 heavy (non-hydrogen) atoms. The number of allylic oxidation sites excluding steroid dienone is 1. The predicted molar refractivity (Wildman–Crippen MR) is 96.3 cm³/mol. The van der Waals surface area contributed by atoms with Gasteiger partial charge in [0.1, 0.15) is 12.2 Å². The zero-order chi connectivity index (χ0) is 19.3. The number of carbonyl (C=O) groups excluding carboxylic acids is 2. The molecule has 0 aromatic rings. The Kier molecular flexibility index (Phi) is 4.56. The van der Waals surface area contributed by atoms with Crippen molar-refractivity contribution in [3.05, 3.63) is 47.6 Å². The zero-order valence-corrected chi connectivity index (χ0v) is 15.6. The van der Waals surface area contributed by atoms with Gasteiger partial charge in [0.15, 0.2) is 6.29 Å². The van der Waals surface area contributed by atoms with Crippen molar-refractivity contribution < 1.29 is 28.5 Å². The van der Waals surface area contributed by atoms with Gasteiger partial charge in [-0.2, -0.15) is 0 Å². The van der Waals surface area contributed by atoms with Crippen LogP contribution in [0.25, 0.3) is 0 Å². The summed E-state index contributed by atoms with van der Waals surface area (Å²) in [7, 11) is 1.51. The van der Waals surface area contributed by atoms with Crippen molar-refractivity contribution in [3.63, 3.8) is 0 Å². The lowest BCUT2D eigenvalue weighted by Crippen LogP contribution is -2.33. The zero-order valence-electron chi connectivity index (χ0n) is 15.6. The topological polar surface area (TPSA) is 71.1 Å². The molecule has 6 atom stereocenters.